The van der Waals surface area contributed by atoms with Crippen molar-refractivity contribution in [1.82, 2.24) is 15.3 Å². The molecule has 0 atom stereocenters. The smallest absolute Gasteiger partial charge is 0.376 e. The molecule has 1 amide bonds. The van der Waals surface area contributed by atoms with Crippen molar-refractivity contribution in [3.05, 3.63) is 17.6 Å². The second-order valence-corrected chi connectivity index (χ2v) is 3.84. The summed E-state index contributed by atoms with van der Waals surface area (Å²) < 4.78 is 4.57. The van der Waals surface area contributed by atoms with Crippen LogP contribution in [0.25, 0.3) is 0 Å². The SMILES string of the molecule is CCNC(=O)CCNc1cc(C)nc(C(=O)OC)n1. The van der Waals surface area contributed by atoms with Gasteiger partial charge in [-0.05, 0) is 13.8 Å². The number of nitrogens with zero attached hydrogens (tertiary/aromatic N) is 2. The second kappa shape index (κ2) is 7.30. The Hall–Kier alpha value is -2.18. The maximum absolute atomic E-state index is 11.3. The van der Waals surface area contributed by atoms with E-state index in [0.29, 0.717) is 31.0 Å². The molecule has 1 rings (SSSR count). The number of carbonyl (C=O) groups excluding carboxylic acids is 2. The summed E-state index contributed by atoms with van der Waals surface area (Å²) in [5.41, 5.74) is 0.649. The fourth-order valence-corrected chi connectivity index (χ4v) is 1.43. The highest BCUT2D eigenvalue weighted by molar-refractivity contribution is 5.85. The van der Waals surface area contributed by atoms with Crippen molar-refractivity contribution >= 4 is 17.7 Å². The molecule has 0 bridgehead atoms. The van der Waals surface area contributed by atoms with E-state index < -0.39 is 5.97 Å². The van der Waals surface area contributed by atoms with Crippen LogP contribution in [-0.4, -0.2) is 42.0 Å². The number of carbonyl (C=O) groups is 2. The number of methoxy groups -OCH3 is 1. The van der Waals surface area contributed by atoms with Crippen molar-refractivity contribution in [2.45, 2.75) is 20.3 Å². The van der Waals surface area contributed by atoms with Gasteiger partial charge in [-0.25, -0.2) is 14.8 Å². The molecule has 0 saturated carbocycles. The molecule has 1 heterocycles. The second-order valence-electron chi connectivity index (χ2n) is 3.84. The normalized spacial score (nSPS) is 9.84. The molecule has 0 radical (unpaired) electrons. The fourth-order valence-electron chi connectivity index (χ4n) is 1.43. The summed E-state index contributed by atoms with van der Waals surface area (Å²) >= 11 is 0. The Morgan fingerprint density at radius 2 is 2.11 bits per heavy atom. The minimum Gasteiger partial charge on any atom is -0.463 e. The molecule has 0 aliphatic carbocycles. The van der Waals surface area contributed by atoms with Crippen LogP contribution in [0.5, 0.6) is 0 Å². The van der Waals surface area contributed by atoms with E-state index in [2.05, 4.69) is 25.3 Å². The Morgan fingerprint density at radius 1 is 1.37 bits per heavy atom. The first-order chi connectivity index (χ1) is 9.06. The Balaban J connectivity index is 2.61. The van der Waals surface area contributed by atoms with Crippen LogP contribution < -0.4 is 10.6 Å². The third-order valence-electron chi connectivity index (χ3n) is 2.25. The van der Waals surface area contributed by atoms with E-state index in [1.807, 2.05) is 6.92 Å². The predicted octanol–water partition coefficient (Wildman–Crippen LogP) is 0.510. The van der Waals surface area contributed by atoms with Crippen molar-refractivity contribution in [3.8, 4) is 0 Å². The number of nitrogens with one attached hydrogen (secondary N) is 2. The summed E-state index contributed by atoms with van der Waals surface area (Å²) in [6.07, 6.45) is 0.338. The average Bonchev–Trinajstić information content (AvgIpc) is 2.37. The van der Waals surface area contributed by atoms with Gasteiger partial charge in [0.1, 0.15) is 5.82 Å². The van der Waals surface area contributed by atoms with Gasteiger partial charge < -0.3 is 15.4 Å². The first-order valence-corrected chi connectivity index (χ1v) is 6.01. The fraction of sp³-hybridized carbons (Fsp3) is 0.500. The standard InChI is InChI=1S/C12H18N4O3/c1-4-13-10(17)5-6-14-9-7-8(2)15-11(16-9)12(18)19-3/h7H,4-6H2,1-3H3,(H,13,17)(H,14,15,16). The molecule has 0 saturated heterocycles. The lowest BCUT2D eigenvalue weighted by atomic mass is 10.3. The van der Waals surface area contributed by atoms with Crippen LogP contribution in [0.1, 0.15) is 29.7 Å². The van der Waals surface area contributed by atoms with E-state index in [4.69, 9.17) is 0 Å². The Bertz CT molecular complexity index is 462. The highest BCUT2D eigenvalue weighted by atomic mass is 16.5. The van der Waals surface area contributed by atoms with Crippen LogP contribution in [0, 0.1) is 6.92 Å². The Morgan fingerprint density at radius 3 is 2.74 bits per heavy atom. The lowest BCUT2D eigenvalue weighted by molar-refractivity contribution is -0.120. The molecule has 2 N–H and O–H groups in total. The zero-order valence-electron chi connectivity index (χ0n) is 11.3. The molecule has 104 valence electrons. The summed E-state index contributed by atoms with van der Waals surface area (Å²) in [6, 6.07) is 1.70. The number of anilines is 1. The third kappa shape index (κ3) is 4.90. The predicted molar refractivity (Wildman–Crippen MR) is 69.9 cm³/mol. The number of amides is 1. The number of esters is 1. The van der Waals surface area contributed by atoms with Crippen LogP contribution in [0.3, 0.4) is 0 Å². The summed E-state index contributed by atoms with van der Waals surface area (Å²) in [5.74, 6) is -0.121. The van der Waals surface area contributed by atoms with E-state index >= 15 is 0 Å². The first-order valence-electron chi connectivity index (χ1n) is 6.01. The molecule has 1 aromatic heterocycles. The molecular formula is C12H18N4O3. The lowest BCUT2D eigenvalue weighted by Crippen LogP contribution is -2.25. The molecule has 7 heteroatoms. The third-order valence-corrected chi connectivity index (χ3v) is 2.25. The maximum atomic E-state index is 11.3. The van der Waals surface area contributed by atoms with Gasteiger partial charge in [-0.1, -0.05) is 0 Å². The molecule has 19 heavy (non-hydrogen) atoms. The van der Waals surface area contributed by atoms with E-state index in [1.165, 1.54) is 7.11 Å². The van der Waals surface area contributed by atoms with Gasteiger partial charge in [-0.2, -0.15) is 0 Å². The van der Waals surface area contributed by atoms with Crippen molar-refractivity contribution in [1.29, 1.82) is 0 Å². The molecule has 0 fully saturated rings. The zero-order valence-corrected chi connectivity index (χ0v) is 11.3. The van der Waals surface area contributed by atoms with Crippen LogP contribution in [0.4, 0.5) is 5.82 Å². The molecule has 0 spiro atoms. The minimum atomic E-state index is -0.588. The van der Waals surface area contributed by atoms with Crippen LogP contribution in [0.2, 0.25) is 0 Å². The first kappa shape index (κ1) is 14.9. The Labute approximate surface area is 111 Å². The van der Waals surface area contributed by atoms with Gasteiger partial charge in [0.2, 0.25) is 11.7 Å². The molecule has 0 unspecified atom stereocenters. The van der Waals surface area contributed by atoms with Crippen molar-refractivity contribution in [2.75, 3.05) is 25.5 Å². The van der Waals surface area contributed by atoms with Gasteiger partial charge in [0.25, 0.3) is 0 Å². The number of hydrogen-bond donors (Lipinski definition) is 2. The summed E-state index contributed by atoms with van der Waals surface area (Å²) in [5, 5.41) is 5.67. The molecular weight excluding hydrogens is 248 g/mol. The molecule has 0 aromatic carbocycles. The number of ether oxygens (including phenoxy) is 1. The lowest BCUT2D eigenvalue weighted by Gasteiger charge is -2.07. The van der Waals surface area contributed by atoms with Gasteiger partial charge in [-0.3, -0.25) is 4.79 Å². The molecule has 0 aliphatic heterocycles. The van der Waals surface area contributed by atoms with Crippen LogP contribution in [-0.2, 0) is 9.53 Å². The van der Waals surface area contributed by atoms with Gasteiger partial charge in [0, 0.05) is 31.3 Å². The van der Waals surface area contributed by atoms with Gasteiger partial charge in [0.05, 0.1) is 7.11 Å². The van der Waals surface area contributed by atoms with Gasteiger partial charge in [-0.15, -0.1) is 0 Å². The zero-order chi connectivity index (χ0) is 14.3. The average molecular weight is 266 g/mol. The molecule has 7 nitrogen and oxygen atoms in total. The van der Waals surface area contributed by atoms with E-state index in [0.717, 1.165) is 0 Å². The van der Waals surface area contributed by atoms with Crippen molar-refractivity contribution in [2.24, 2.45) is 0 Å². The summed E-state index contributed by atoms with van der Waals surface area (Å²) in [4.78, 5) is 30.6. The molecule has 0 aliphatic rings. The maximum Gasteiger partial charge on any atom is 0.376 e. The van der Waals surface area contributed by atoms with Crippen molar-refractivity contribution < 1.29 is 14.3 Å². The number of hydrogen-bond acceptors (Lipinski definition) is 6. The van der Waals surface area contributed by atoms with Gasteiger partial charge in [0.15, 0.2) is 0 Å². The number of aryl methyl sites for hydroxylation is 1. The van der Waals surface area contributed by atoms with Crippen LogP contribution >= 0.6 is 0 Å². The van der Waals surface area contributed by atoms with Gasteiger partial charge >= 0.3 is 5.97 Å². The number of rotatable bonds is 6. The Kier molecular flexibility index (Phi) is 5.72. The van der Waals surface area contributed by atoms with E-state index in [-0.39, 0.29) is 11.7 Å². The van der Waals surface area contributed by atoms with E-state index in [1.54, 1.807) is 13.0 Å². The quantitative estimate of drug-likeness (QED) is 0.729. The minimum absolute atomic E-state index is 0.00279. The van der Waals surface area contributed by atoms with E-state index in [9.17, 15) is 9.59 Å². The highest BCUT2D eigenvalue weighted by Gasteiger charge is 2.11. The molecule has 1 aromatic rings. The monoisotopic (exact) mass is 266 g/mol. The number of aromatic nitrogens is 2. The highest BCUT2D eigenvalue weighted by Crippen LogP contribution is 2.07. The van der Waals surface area contributed by atoms with Crippen molar-refractivity contribution in [3.63, 3.8) is 0 Å². The summed E-state index contributed by atoms with van der Waals surface area (Å²) in [7, 11) is 1.27. The van der Waals surface area contributed by atoms with Crippen LogP contribution in [0.15, 0.2) is 6.07 Å². The summed E-state index contributed by atoms with van der Waals surface area (Å²) in [6.45, 7) is 4.66. The largest absolute Gasteiger partial charge is 0.463 e. The topological polar surface area (TPSA) is 93.2 Å².